The van der Waals surface area contributed by atoms with Crippen LogP contribution in [0.2, 0.25) is 0 Å². The lowest BCUT2D eigenvalue weighted by Crippen LogP contribution is -2.33. The minimum absolute atomic E-state index is 0.0406. The Morgan fingerprint density at radius 2 is 1.94 bits per heavy atom. The van der Waals surface area contributed by atoms with Crippen LogP contribution >= 0.6 is 0 Å². The maximum Gasteiger partial charge on any atom is 0.239 e. The van der Waals surface area contributed by atoms with Gasteiger partial charge in [0.05, 0.1) is 12.7 Å². The minimum Gasteiger partial charge on any atom is -0.474 e. The van der Waals surface area contributed by atoms with Crippen LogP contribution in [0.5, 0.6) is 5.88 Å². The van der Waals surface area contributed by atoms with E-state index in [1.54, 1.807) is 0 Å². The van der Waals surface area contributed by atoms with Crippen molar-refractivity contribution < 1.29 is 22.7 Å². The molecule has 9 heteroatoms. The number of benzene rings is 1. The van der Waals surface area contributed by atoms with Gasteiger partial charge in [-0.1, -0.05) is 6.07 Å². The van der Waals surface area contributed by atoms with Gasteiger partial charge in [0.15, 0.2) is 9.84 Å². The van der Waals surface area contributed by atoms with E-state index in [2.05, 4.69) is 16.5 Å². The van der Waals surface area contributed by atoms with Gasteiger partial charge >= 0.3 is 0 Å². The monoisotopic (exact) mass is 445 g/mol. The van der Waals surface area contributed by atoms with E-state index in [1.807, 2.05) is 6.92 Å². The summed E-state index contributed by atoms with van der Waals surface area (Å²) in [5.41, 5.74) is 5.80. The molecule has 0 radical (unpaired) electrons. The number of carbonyl (C=O) groups is 1. The van der Waals surface area contributed by atoms with E-state index in [9.17, 15) is 13.2 Å². The van der Waals surface area contributed by atoms with Crippen LogP contribution in [0, 0.1) is 0 Å². The minimum atomic E-state index is -3.90. The number of nitrogens with one attached hydrogen (secondary N) is 1. The maximum absolute atomic E-state index is 13.0. The molecular formula is C22H27N3O5S. The number of sulfone groups is 1. The van der Waals surface area contributed by atoms with Gasteiger partial charge in [0, 0.05) is 12.3 Å². The zero-order valence-electron chi connectivity index (χ0n) is 17.6. The van der Waals surface area contributed by atoms with Gasteiger partial charge < -0.3 is 14.8 Å². The first kappa shape index (κ1) is 20.5. The number of fused-ring (bicyclic) bond motifs is 3. The van der Waals surface area contributed by atoms with Crippen molar-refractivity contribution in [3.8, 4) is 5.88 Å². The first-order chi connectivity index (χ1) is 15.0. The highest BCUT2D eigenvalue weighted by molar-refractivity contribution is 7.92. The van der Waals surface area contributed by atoms with E-state index >= 15 is 0 Å². The molecule has 2 aromatic rings. The zero-order valence-corrected chi connectivity index (χ0v) is 18.5. The van der Waals surface area contributed by atoms with Gasteiger partial charge in [0.25, 0.3) is 0 Å². The fraction of sp³-hybridized carbons (Fsp3) is 0.545. The average Bonchev–Trinajstić information content (AvgIpc) is 3.46. The fourth-order valence-corrected chi connectivity index (χ4v) is 6.20. The third kappa shape index (κ3) is 3.74. The summed E-state index contributed by atoms with van der Waals surface area (Å²) < 4.78 is 38.7. The number of aryl methyl sites for hydroxylation is 2. The summed E-state index contributed by atoms with van der Waals surface area (Å²) in [5.74, 6) is -0.967. The number of amides is 1. The predicted octanol–water partition coefficient (Wildman–Crippen LogP) is 2.07. The number of carbonyl (C=O) groups excluding carboxylic acids is 1. The smallest absolute Gasteiger partial charge is 0.239 e. The molecule has 2 aliphatic carbocycles. The van der Waals surface area contributed by atoms with Crippen molar-refractivity contribution in [1.82, 2.24) is 9.78 Å². The third-order valence-corrected chi connectivity index (χ3v) is 7.93. The molecule has 2 heterocycles. The van der Waals surface area contributed by atoms with Crippen molar-refractivity contribution in [2.75, 3.05) is 24.3 Å². The van der Waals surface area contributed by atoms with Crippen molar-refractivity contribution in [3.05, 3.63) is 34.5 Å². The van der Waals surface area contributed by atoms with E-state index in [0.717, 1.165) is 44.2 Å². The Hall–Kier alpha value is -2.39. The first-order valence-electron chi connectivity index (χ1n) is 11.0. The Morgan fingerprint density at radius 3 is 2.61 bits per heavy atom. The van der Waals surface area contributed by atoms with Crippen molar-refractivity contribution >= 4 is 21.4 Å². The van der Waals surface area contributed by atoms with Gasteiger partial charge in [-0.05, 0) is 67.7 Å². The molecular weight excluding hydrogens is 418 g/mol. The van der Waals surface area contributed by atoms with E-state index in [-0.39, 0.29) is 23.5 Å². The Kier molecular flexibility index (Phi) is 5.26. The van der Waals surface area contributed by atoms with Crippen LogP contribution in [0.25, 0.3) is 0 Å². The molecule has 8 nitrogen and oxygen atoms in total. The molecule has 3 aliphatic rings. The van der Waals surface area contributed by atoms with E-state index in [1.165, 1.54) is 33.1 Å². The average molecular weight is 446 g/mol. The van der Waals surface area contributed by atoms with Crippen molar-refractivity contribution in [2.24, 2.45) is 0 Å². The molecule has 1 aromatic heterocycles. The standard InChI is InChI=1S/C22H27N3O5S/c1-2-29-16-11-25-22(30-12-16)19(10-23-25)31(27,28)13-20(26)24-21-17-7-3-5-14(17)9-15-6-4-8-18(15)21/h9-10,16H,2-8,11-13H2,1H3,(H,24,26). The van der Waals surface area contributed by atoms with Crippen LogP contribution < -0.4 is 10.1 Å². The zero-order chi connectivity index (χ0) is 21.6. The van der Waals surface area contributed by atoms with Gasteiger partial charge in [-0.25, -0.2) is 13.1 Å². The fourth-order valence-electron chi connectivity index (χ4n) is 4.99. The van der Waals surface area contributed by atoms with Crippen LogP contribution in [0.3, 0.4) is 0 Å². The molecule has 1 atom stereocenters. The molecule has 1 amide bonds. The highest BCUT2D eigenvalue weighted by Gasteiger charge is 2.32. The highest BCUT2D eigenvalue weighted by atomic mass is 32.2. The quantitative estimate of drug-likeness (QED) is 0.731. The van der Waals surface area contributed by atoms with Crippen LogP contribution in [0.4, 0.5) is 5.69 Å². The number of aromatic nitrogens is 2. The maximum atomic E-state index is 13.0. The number of rotatable bonds is 6. The molecule has 1 unspecified atom stereocenters. The Morgan fingerprint density at radius 1 is 1.23 bits per heavy atom. The van der Waals surface area contributed by atoms with Gasteiger partial charge in [0.1, 0.15) is 23.4 Å². The molecule has 0 saturated heterocycles. The lowest BCUT2D eigenvalue weighted by Gasteiger charge is -2.24. The molecule has 1 aromatic carbocycles. The molecule has 0 bridgehead atoms. The molecule has 31 heavy (non-hydrogen) atoms. The summed E-state index contributed by atoms with van der Waals surface area (Å²) in [5, 5.41) is 7.10. The van der Waals surface area contributed by atoms with Crippen LogP contribution in [0.1, 0.15) is 42.0 Å². The second kappa shape index (κ2) is 7.94. The number of nitrogens with zero attached hydrogens (tertiary/aromatic N) is 2. The summed E-state index contributed by atoms with van der Waals surface area (Å²) in [7, 11) is -3.90. The number of hydrogen-bond donors (Lipinski definition) is 1. The van der Waals surface area contributed by atoms with Crippen LogP contribution in [0.15, 0.2) is 17.2 Å². The lowest BCUT2D eigenvalue weighted by molar-refractivity contribution is -0.113. The molecule has 1 aliphatic heterocycles. The number of hydrogen-bond acceptors (Lipinski definition) is 6. The Labute approximate surface area is 181 Å². The third-order valence-electron chi connectivity index (χ3n) is 6.34. The number of anilines is 1. The molecule has 0 spiro atoms. The normalized spacial score (nSPS) is 19.5. The van der Waals surface area contributed by atoms with Gasteiger partial charge in [0.2, 0.25) is 11.8 Å². The molecule has 5 rings (SSSR count). The highest BCUT2D eigenvalue weighted by Crippen LogP contribution is 2.38. The summed E-state index contributed by atoms with van der Waals surface area (Å²) in [6.07, 6.45) is 7.14. The Bertz CT molecular complexity index is 1110. The van der Waals surface area contributed by atoms with Crippen molar-refractivity contribution in [2.45, 2.75) is 63.0 Å². The Balaban J connectivity index is 1.36. The molecule has 0 fully saturated rings. The second-order valence-electron chi connectivity index (χ2n) is 8.43. The SMILES string of the molecule is CCOC1COc2c(S(=O)(=O)CC(=O)Nc3c4c(cc5c3CCC5)CCC4)cnn2C1. The predicted molar refractivity (Wildman–Crippen MR) is 114 cm³/mol. The van der Waals surface area contributed by atoms with E-state index in [0.29, 0.717) is 13.2 Å². The van der Waals surface area contributed by atoms with Crippen molar-refractivity contribution in [3.63, 3.8) is 0 Å². The molecule has 0 saturated carbocycles. The largest absolute Gasteiger partial charge is 0.474 e. The van der Waals surface area contributed by atoms with Crippen LogP contribution in [-0.4, -0.2) is 49.2 Å². The van der Waals surface area contributed by atoms with E-state index < -0.39 is 21.5 Å². The van der Waals surface area contributed by atoms with Gasteiger partial charge in [-0.2, -0.15) is 5.10 Å². The second-order valence-corrected chi connectivity index (χ2v) is 10.4. The van der Waals surface area contributed by atoms with Gasteiger partial charge in [-0.3, -0.25) is 4.79 Å². The summed E-state index contributed by atoms with van der Waals surface area (Å²) >= 11 is 0. The summed E-state index contributed by atoms with van der Waals surface area (Å²) in [6.45, 7) is 3.12. The van der Waals surface area contributed by atoms with Gasteiger partial charge in [-0.15, -0.1) is 0 Å². The topological polar surface area (TPSA) is 99.5 Å². The molecule has 1 N–H and O–H groups in total. The summed E-state index contributed by atoms with van der Waals surface area (Å²) in [6, 6.07) is 2.28. The van der Waals surface area contributed by atoms with Crippen LogP contribution in [-0.2, 0) is 51.6 Å². The lowest BCUT2D eigenvalue weighted by atomic mass is 9.98. The summed E-state index contributed by atoms with van der Waals surface area (Å²) in [4.78, 5) is 12.8. The number of ether oxygens (including phenoxy) is 2. The van der Waals surface area contributed by atoms with Crippen molar-refractivity contribution in [1.29, 1.82) is 0 Å². The molecule has 166 valence electrons. The first-order valence-corrected chi connectivity index (χ1v) is 12.6. The van der Waals surface area contributed by atoms with E-state index in [4.69, 9.17) is 9.47 Å².